The largest absolute Gasteiger partial charge is 0.489 e. The van der Waals surface area contributed by atoms with E-state index in [0.29, 0.717) is 18.8 Å². The normalized spacial score (nSPS) is 16.0. The quantitative estimate of drug-likeness (QED) is 0.829. The van der Waals surface area contributed by atoms with E-state index in [9.17, 15) is 12.8 Å². The van der Waals surface area contributed by atoms with Gasteiger partial charge in [0, 0.05) is 13.1 Å². The Morgan fingerprint density at radius 3 is 2.38 bits per heavy atom. The van der Waals surface area contributed by atoms with Crippen molar-refractivity contribution in [3.8, 4) is 5.75 Å². The highest BCUT2D eigenvalue weighted by atomic mass is 32.2. The fourth-order valence-corrected chi connectivity index (χ4v) is 4.27. The van der Waals surface area contributed by atoms with Crippen molar-refractivity contribution in [1.29, 1.82) is 0 Å². The van der Waals surface area contributed by atoms with Gasteiger partial charge in [-0.15, -0.1) is 0 Å². The summed E-state index contributed by atoms with van der Waals surface area (Å²) in [4.78, 5) is 0.280. The summed E-state index contributed by atoms with van der Waals surface area (Å²) in [6, 6.07) is 12.6. The zero-order chi connectivity index (χ0) is 17.0. The van der Waals surface area contributed by atoms with Crippen LogP contribution in [0.4, 0.5) is 4.39 Å². The highest BCUT2D eigenvalue weighted by Gasteiger charge is 2.25. The van der Waals surface area contributed by atoms with E-state index in [0.717, 1.165) is 24.8 Å². The van der Waals surface area contributed by atoms with Gasteiger partial charge < -0.3 is 4.74 Å². The van der Waals surface area contributed by atoms with Crippen molar-refractivity contribution in [2.45, 2.75) is 30.8 Å². The molecule has 1 aliphatic heterocycles. The van der Waals surface area contributed by atoms with Crippen LogP contribution in [0.5, 0.6) is 5.75 Å². The number of nitrogens with zero attached hydrogens (tertiary/aromatic N) is 1. The Kier molecular flexibility index (Phi) is 5.16. The van der Waals surface area contributed by atoms with Gasteiger partial charge in [0.1, 0.15) is 18.2 Å². The second kappa shape index (κ2) is 7.32. The number of ether oxygens (including phenoxy) is 1. The minimum atomic E-state index is -3.42. The van der Waals surface area contributed by atoms with Gasteiger partial charge in [0.15, 0.2) is 0 Å². The molecule has 4 nitrogen and oxygen atoms in total. The molecule has 6 heteroatoms. The zero-order valence-electron chi connectivity index (χ0n) is 13.3. The third-order valence-corrected chi connectivity index (χ3v) is 5.98. The van der Waals surface area contributed by atoms with E-state index in [1.54, 1.807) is 40.7 Å². The summed E-state index contributed by atoms with van der Waals surface area (Å²) in [7, 11) is -3.42. The second-order valence-electron chi connectivity index (χ2n) is 5.85. The van der Waals surface area contributed by atoms with Gasteiger partial charge in [0.25, 0.3) is 0 Å². The van der Waals surface area contributed by atoms with Gasteiger partial charge in [-0.2, -0.15) is 4.31 Å². The van der Waals surface area contributed by atoms with Gasteiger partial charge in [-0.3, -0.25) is 0 Å². The summed E-state index contributed by atoms with van der Waals surface area (Å²) >= 11 is 0. The van der Waals surface area contributed by atoms with Crippen molar-refractivity contribution in [2.75, 3.05) is 13.1 Å². The average molecular weight is 349 g/mol. The molecule has 1 fully saturated rings. The molecule has 0 unspecified atom stereocenters. The molecule has 0 amide bonds. The van der Waals surface area contributed by atoms with Crippen LogP contribution in [0.2, 0.25) is 0 Å². The van der Waals surface area contributed by atoms with Crippen LogP contribution >= 0.6 is 0 Å². The van der Waals surface area contributed by atoms with Crippen molar-refractivity contribution in [3.63, 3.8) is 0 Å². The maximum absolute atomic E-state index is 13.1. The van der Waals surface area contributed by atoms with E-state index in [4.69, 9.17) is 4.74 Å². The minimum absolute atomic E-state index is 0.232. The van der Waals surface area contributed by atoms with Crippen LogP contribution < -0.4 is 4.74 Å². The molecule has 2 aromatic carbocycles. The SMILES string of the molecule is O=S(=O)(c1ccc(OCc2cccc(F)c2)cc1)N1CCCCC1. The molecule has 1 aliphatic rings. The Bertz CT molecular complexity index is 784. The van der Waals surface area contributed by atoms with Gasteiger partial charge in [0.2, 0.25) is 10.0 Å². The molecule has 0 radical (unpaired) electrons. The molecule has 3 rings (SSSR count). The lowest BCUT2D eigenvalue weighted by atomic mass is 10.2. The first-order valence-corrected chi connectivity index (χ1v) is 9.47. The van der Waals surface area contributed by atoms with Crippen LogP contribution in [0.15, 0.2) is 53.4 Å². The predicted octanol–water partition coefficient (Wildman–Crippen LogP) is 3.58. The summed E-state index contributed by atoms with van der Waals surface area (Å²) in [5.74, 6) is 0.246. The Hall–Kier alpha value is -1.92. The van der Waals surface area contributed by atoms with Crippen molar-refractivity contribution < 1.29 is 17.5 Å². The molecule has 24 heavy (non-hydrogen) atoms. The summed E-state index contributed by atoms with van der Waals surface area (Å²) in [5, 5.41) is 0. The molecule has 1 saturated heterocycles. The highest BCUT2D eigenvalue weighted by Crippen LogP contribution is 2.23. The number of sulfonamides is 1. The van der Waals surface area contributed by atoms with E-state index >= 15 is 0 Å². The van der Waals surface area contributed by atoms with Crippen LogP contribution in [0.3, 0.4) is 0 Å². The average Bonchev–Trinajstić information content (AvgIpc) is 2.61. The number of halogens is 1. The zero-order valence-corrected chi connectivity index (χ0v) is 14.1. The van der Waals surface area contributed by atoms with Gasteiger partial charge in [0.05, 0.1) is 4.90 Å². The van der Waals surface area contributed by atoms with Crippen LogP contribution in [0.1, 0.15) is 24.8 Å². The fourth-order valence-electron chi connectivity index (χ4n) is 2.76. The van der Waals surface area contributed by atoms with Gasteiger partial charge in [-0.05, 0) is 54.8 Å². The molecule has 0 saturated carbocycles. The number of benzene rings is 2. The Morgan fingerprint density at radius 2 is 1.71 bits per heavy atom. The van der Waals surface area contributed by atoms with Crippen molar-refractivity contribution in [2.24, 2.45) is 0 Å². The van der Waals surface area contributed by atoms with E-state index in [1.165, 1.54) is 12.1 Å². The standard InChI is InChI=1S/C18H20FNO3S/c19-16-6-4-5-15(13-16)14-23-17-7-9-18(10-8-17)24(21,22)20-11-2-1-3-12-20/h4-10,13H,1-3,11-12,14H2. The highest BCUT2D eigenvalue weighted by molar-refractivity contribution is 7.89. The molecule has 1 heterocycles. The summed E-state index contributed by atoms with van der Waals surface area (Å²) in [5.41, 5.74) is 0.722. The number of hydrogen-bond acceptors (Lipinski definition) is 3. The first kappa shape index (κ1) is 16.9. The molecular formula is C18H20FNO3S. The number of piperidine rings is 1. The second-order valence-corrected chi connectivity index (χ2v) is 7.79. The Balaban J connectivity index is 1.66. The summed E-state index contributed by atoms with van der Waals surface area (Å²) < 4.78 is 45.4. The Morgan fingerprint density at radius 1 is 1.00 bits per heavy atom. The molecule has 0 aromatic heterocycles. The third-order valence-electron chi connectivity index (χ3n) is 4.07. The summed E-state index contributed by atoms with van der Waals surface area (Å²) in [6.45, 7) is 1.40. The van der Waals surface area contributed by atoms with Gasteiger partial charge in [-0.1, -0.05) is 18.6 Å². The summed E-state index contributed by atoms with van der Waals surface area (Å²) in [6.07, 6.45) is 2.90. The van der Waals surface area contributed by atoms with Crippen molar-refractivity contribution in [1.82, 2.24) is 4.31 Å². The molecule has 2 aromatic rings. The first-order valence-electron chi connectivity index (χ1n) is 8.03. The van der Waals surface area contributed by atoms with E-state index in [-0.39, 0.29) is 17.3 Å². The lowest BCUT2D eigenvalue weighted by molar-refractivity contribution is 0.305. The predicted molar refractivity (Wildman–Crippen MR) is 89.8 cm³/mol. The number of hydrogen-bond donors (Lipinski definition) is 0. The third kappa shape index (κ3) is 3.94. The van der Waals surface area contributed by atoms with Crippen LogP contribution in [0, 0.1) is 5.82 Å². The van der Waals surface area contributed by atoms with Crippen LogP contribution in [-0.4, -0.2) is 25.8 Å². The lowest BCUT2D eigenvalue weighted by Gasteiger charge is -2.25. The van der Waals surface area contributed by atoms with Gasteiger partial charge >= 0.3 is 0 Å². The number of rotatable bonds is 5. The van der Waals surface area contributed by atoms with E-state index in [2.05, 4.69) is 0 Å². The van der Waals surface area contributed by atoms with Crippen LogP contribution in [-0.2, 0) is 16.6 Å². The minimum Gasteiger partial charge on any atom is -0.489 e. The molecule has 0 N–H and O–H groups in total. The van der Waals surface area contributed by atoms with E-state index < -0.39 is 10.0 Å². The molecule has 0 bridgehead atoms. The first-order chi connectivity index (χ1) is 11.6. The fraction of sp³-hybridized carbons (Fsp3) is 0.333. The molecule has 0 atom stereocenters. The Labute approximate surface area is 141 Å². The van der Waals surface area contributed by atoms with Crippen molar-refractivity contribution >= 4 is 10.0 Å². The van der Waals surface area contributed by atoms with Crippen molar-refractivity contribution in [3.05, 3.63) is 59.9 Å². The van der Waals surface area contributed by atoms with Gasteiger partial charge in [-0.25, -0.2) is 12.8 Å². The maximum atomic E-state index is 13.1. The smallest absolute Gasteiger partial charge is 0.243 e. The lowest BCUT2D eigenvalue weighted by Crippen LogP contribution is -2.35. The molecule has 0 spiro atoms. The monoisotopic (exact) mass is 349 g/mol. The molecular weight excluding hydrogens is 329 g/mol. The van der Waals surface area contributed by atoms with Crippen LogP contribution in [0.25, 0.3) is 0 Å². The maximum Gasteiger partial charge on any atom is 0.243 e. The van der Waals surface area contributed by atoms with E-state index in [1.807, 2.05) is 0 Å². The molecule has 0 aliphatic carbocycles. The molecule has 128 valence electrons. The topological polar surface area (TPSA) is 46.6 Å².